The van der Waals surface area contributed by atoms with Crippen LogP contribution in [-0.4, -0.2) is 45.6 Å². The Morgan fingerprint density at radius 3 is 0.875 bits per heavy atom. The fourth-order valence-electron chi connectivity index (χ4n) is 0. The summed E-state index contributed by atoms with van der Waals surface area (Å²) in [4.78, 5) is 29.3. The summed E-state index contributed by atoms with van der Waals surface area (Å²) in [6.07, 6.45) is 0. The molecule has 57 valence electrons. The van der Waals surface area contributed by atoms with Gasteiger partial charge >= 0.3 is 9.05 Å². The summed E-state index contributed by atoms with van der Waals surface area (Å²) in [6.45, 7) is 0. The molecule has 0 aromatic heterocycles. The molecule has 0 amide bonds. The van der Waals surface area contributed by atoms with E-state index in [2.05, 4.69) is 0 Å². The van der Waals surface area contributed by atoms with Gasteiger partial charge < -0.3 is 25.3 Å². The van der Waals surface area contributed by atoms with E-state index < -0.39 is 9.05 Å². The third kappa shape index (κ3) is 173. The smallest absolute Gasteiger partial charge is 0.368 e. The average Bonchev–Trinajstić information content (AvgIpc) is 0.722. The van der Waals surface area contributed by atoms with Crippen LogP contribution in [0.1, 0.15) is 0 Å². The first kappa shape index (κ1) is 22.8. The molecule has 1 radical (unpaired) electrons. The predicted octanol–water partition coefficient (Wildman–Crippen LogP) is -3.63. The molecule has 0 rings (SSSR count). The molecule has 0 aromatic rings. The Morgan fingerprint density at radius 1 is 0.875 bits per heavy atom. The van der Waals surface area contributed by atoms with Crippen molar-refractivity contribution in [2.75, 3.05) is 0 Å². The van der Waals surface area contributed by atoms with Crippen LogP contribution in [0.3, 0.4) is 0 Å². The van der Waals surface area contributed by atoms with Crippen molar-refractivity contribution in [2.24, 2.45) is 0 Å². The van der Waals surface area contributed by atoms with Crippen molar-refractivity contribution in [3.63, 3.8) is 0 Å². The molecule has 0 unspecified atom stereocenters. The molecule has 0 heterocycles. The van der Waals surface area contributed by atoms with E-state index >= 15 is 0 Å². The van der Waals surface area contributed by atoms with E-state index in [0.717, 1.165) is 0 Å². The fourth-order valence-corrected chi connectivity index (χ4v) is 0. The van der Waals surface area contributed by atoms with Gasteiger partial charge in [-0.1, -0.05) is 0 Å². The maximum absolute atomic E-state index is 7.33. The van der Waals surface area contributed by atoms with Crippen molar-refractivity contribution in [3.8, 4) is 0 Å². The predicted molar refractivity (Wildman–Crippen MR) is 29.6 cm³/mol. The molecule has 0 spiro atoms. The summed E-state index contributed by atoms with van der Waals surface area (Å²) in [5, 5.41) is 0. The van der Waals surface area contributed by atoms with Gasteiger partial charge in [0.2, 0.25) is 0 Å². The van der Waals surface area contributed by atoms with Gasteiger partial charge in [-0.05, 0) is 0 Å². The van der Waals surface area contributed by atoms with Crippen molar-refractivity contribution >= 4 is 26.4 Å². The van der Waals surface area contributed by atoms with E-state index in [0.29, 0.717) is 0 Å². The van der Waals surface area contributed by atoms with Crippen molar-refractivity contribution < 1.29 is 41.6 Å². The van der Waals surface area contributed by atoms with Gasteiger partial charge in [0.1, 0.15) is 0 Å². The van der Waals surface area contributed by atoms with Gasteiger partial charge in [-0.15, -0.1) is 0 Å². The minimum atomic E-state index is -4.61. The Morgan fingerprint density at radius 2 is 0.875 bits per heavy atom. The molecule has 8 heavy (non-hydrogen) atoms. The second-order valence-corrected chi connectivity index (χ2v) is 1.80. The topological polar surface area (TPSA) is 116 Å². The van der Waals surface area contributed by atoms with Gasteiger partial charge in [-0.2, -0.15) is 0 Å². The van der Waals surface area contributed by atoms with Crippen LogP contribution in [-0.2, 0) is 22.4 Å². The molecule has 0 saturated carbocycles. The third-order valence-corrected chi connectivity index (χ3v) is 0. The van der Waals surface area contributed by atoms with Crippen molar-refractivity contribution in [3.05, 3.63) is 0 Å². The summed E-state index contributed by atoms with van der Waals surface area (Å²) in [5.74, 6) is 0. The maximum atomic E-state index is 7.33. The fraction of sp³-hybridized carbons (Fsp3) is 0. The monoisotopic (exact) mass is 250 g/mol. The summed E-state index contributed by atoms with van der Waals surface area (Å²) < 4.78 is 0. The first-order valence-electron chi connectivity index (χ1n) is 0.894. The molecule has 0 aromatic carbocycles. The molecule has 0 aliphatic carbocycles. The van der Waals surface area contributed by atoms with E-state index in [1.54, 1.807) is 0 Å². The van der Waals surface area contributed by atoms with Crippen LogP contribution in [0.25, 0.3) is 0 Å². The molecule has 0 fully saturated rings. The summed E-state index contributed by atoms with van der Waals surface area (Å²) >= 11 is 0. The second kappa shape index (κ2) is 8.29. The van der Waals surface area contributed by atoms with Gasteiger partial charge in [0, 0.05) is 22.4 Å². The van der Waals surface area contributed by atoms with Crippen LogP contribution in [0, 0.1) is 0 Å². The number of hydrogen-bond donors (Lipinski definition) is 5. The molecule has 5 nitrogen and oxygen atoms in total. The van der Waals surface area contributed by atoms with Crippen LogP contribution in [0.4, 0.5) is 0 Å². The molecule has 0 aliphatic rings. The van der Waals surface area contributed by atoms with Gasteiger partial charge in [-0.25, -0.2) is 0 Å². The SMILES string of the molecule is N.O[Si](O)(O)O.[Ag].[AlH3]. The largest absolute Gasteiger partial charge is 0.668 e. The maximum Gasteiger partial charge on any atom is 0.668 e. The van der Waals surface area contributed by atoms with Crippen molar-refractivity contribution in [2.45, 2.75) is 0 Å². The Kier molecular flexibility index (Phi) is 23.6. The Balaban J connectivity index is -0.0000000267. The normalized spacial score (nSPS) is 7.50. The Labute approximate surface area is 74.1 Å². The molecule has 0 atom stereocenters. The molecule has 7 N–H and O–H groups in total. The molecular weight excluding hydrogens is 241 g/mol. The minimum absolute atomic E-state index is 0. The van der Waals surface area contributed by atoms with E-state index in [9.17, 15) is 0 Å². The van der Waals surface area contributed by atoms with Gasteiger partial charge in [0.05, 0.1) is 0 Å². The van der Waals surface area contributed by atoms with Crippen molar-refractivity contribution in [1.82, 2.24) is 6.15 Å². The van der Waals surface area contributed by atoms with Gasteiger partial charge in [0.25, 0.3) is 0 Å². The van der Waals surface area contributed by atoms with Crippen LogP contribution in [0.15, 0.2) is 0 Å². The van der Waals surface area contributed by atoms with Crippen LogP contribution >= 0.6 is 0 Å². The molecule has 0 saturated heterocycles. The van der Waals surface area contributed by atoms with E-state index in [-0.39, 0.29) is 45.9 Å². The van der Waals surface area contributed by atoms with Crippen LogP contribution in [0.2, 0.25) is 0 Å². The Hall–Kier alpha value is 1.29. The number of rotatable bonds is 0. The van der Waals surface area contributed by atoms with Crippen LogP contribution < -0.4 is 6.15 Å². The molecular formula is H10AgAlNO4Si. The van der Waals surface area contributed by atoms with Crippen molar-refractivity contribution in [1.29, 1.82) is 0 Å². The van der Waals surface area contributed by atoms with E-state index in [1.807, 2.05) is 0 Å². The van der Waals surface area contributed by atoms with Gasteiger partial charge in [-0.3, -0.25) is 0 Å². The van der Waals surface area contributed by atoms with E-state index in [4.69, 9.17) is 19.2 Å². The van der Waals surface area contributed by atoms with Gasteiger partial charge in [0.15, 0.2) is 17.4 Å². The number of hydrogen-bond acceptors (Lipinski definition) is 5. The zero-order chi connectivity index (χ0) is 4.50. The zero-order valence-corrected chi connectivity index (χ0v) is 5.78. The van der Waals surface area contributed by atoms with E-state index in [1.165, 1.54) is 0 Å². The second-order valence-electron chi connectivity index (χ2n) is 0.600. The van der Waals surface area contributed by atoms with Crippen LogP contribution in [0.5, 0.6) is 0 Å². The quantitative estimate of drug-likeness (QED) is 0.285. The minimum Gasteiger partial charge on any atom is -0.368 e. The molecule has 0 aliphatic heterocycles. The summed E-state index contributed by atoms with van der Waals surface area (Å²) in [5.41, 5.74) is 0. The third-order valence-electron chi connectivity index (χ3n) is 0. The Bertz CT molecular complexity index is 31.5. The first-order valence-corrected chi connectivity index (χ1v) is 2.68. The zero-order valence-electron chi connectivity index (χ0n) is 3.30. The first-order chi connectivity index (χ1) is 2.00. The summed E-state index contributed by atoms with van der Waals surface area (Å²) in [7, 11) is -4.61. The average molecular weight is 251 g/mol. The molecule has 8 heteroatoms. The summed E-state index contributed by atoms with van der Waals surface area (Å²) in [6, 6.07) is 0. The molecule has 0 bridgehead atoms. The standard InChI is InChI=1S/Ag.Al.H3N.H4O4Si.3H/c;;;1-5(2,3)4;;;/h;;1H3;1-4H;;;.